The first-order valence-electron chi connectivity index (χ1n) is 10.2. The molecule has 5 aromatic rings. The van der Waals surface area contributed by atoms with Crippen LogP contribution in [0.5, 0.6) is 0 Å². The molecule has 0 saturated heterocycles. The van der Waals surface area contributed by atoms with E-state index in [-0.39, 0.29) is 11.2 Å². The molecule has 0 radical (unpaired) electrons. The maximum atomic E-state index is 12.5. The fourth-order valence-corrected chi connectivity index (χ4v) is 3.59. The first-order valence-corrected chi connectivity index (χ1v) is 10.6. The van der Waals surface area contributed by atoms with E-state index in [1.807, 2.05) is 79.7 Å². The van der Waals surface area contributed by atoms with Crippen LogP contribution >= 0.6 is 11.6 Å². The molecule has 0 saturated carbocycles. The number of rotatable bonds is 5. The Hall–Kier alpha value is -4.23. The molecule has 2 N–H and O–H groups in total. The average molecular weight is 456 g/mol. The summed E-state index contributed by atoms with van der Waals surface area (Å²) < 4.78 is 5.58. The molecule has 5 rings (SSSR count). The minimum absolute atomic E-state index is 0.0448. The van der Waals surface area contributed by atoms with Gasteiger partial charge in [-0.2, -0.15) is 15.0 Å². The van der Waals surface area contributed by atoms with Crippen LogP contribution in [0.3, 0.4) is 0 Å². The molecule has 0 fully saturated rings. The van der Waals surface area contributed by atoms with Crippen LogP contribution in [0.1, 0.15) is 5.56 Å². The molecule has 0 atom stereocenters. The standard InChI is InChI=1S/C25H18ClN5O2/c1-15-7-5-6-10-20(15)28-25-30-23(26)29-24(31-25)27-18-12-11-17-13-19(16-8-3-2-4-9-16)22(32)33-21(17)14-18/h2-14H,1H3,(H2,27,28,29,30,31). The van der Waals surface area contributed by atoms with Crippen molar-refractivity contribution in [2.45, 2.75) is 6.92 Å². The van der Waals surface area contributed by atoms with Gasteiger partial charge in [0.05, 0.1) is 5.56 Å². The molecule has 33 heavy (non-hydrogen) atoms. The first kappa shape index (κ1) is 20.7. The van der Waals surface area contributed by atoms with E-state index in [4.69, 9.17) is 16.0 Å². The van der Waals surface area contributed by atoms with Gasteiger partial charge in [0.15, 0.2) is 0 Å². The highest BCUT2D eigenvalue weighted by Gasteiger charge is 2.10. The molecule has 2 aromatic heterocycles. The quantitative estimate of drug-likeness (QED) is 0.309. The summed E-state index contributed by atoms with van der Waals surface area (Å²) >= 11 is 6.11. The Morgan fingerprint density at radius 3 is 2.33 bits per heavy atom. The Labute approximate surface area is 194 Å². The first-order chi connectivity index (χ1) is 16.0. The fraction of sp³-hybridized carbons (Fsp3) is 0.0400. The van der Waals surface area contributed by atoms with Crippen LogP contribution in [0.2, 0.25) is 5.28 Å². The molecule has 0 aliphatic carbocycles. The third-order valence-corrected chi connectivity index (χ3v) is 5.25. The minimum atomic E-state index is -0.404. The largest absolute Gasteiger partial charge is 0.422 e. The van der Waals surface area contributed by atoms with E-state index in [0.717, 1.165) is 22.2 Å². The Kier molecular flexibility index (Phi) is 5.46. The van der Waals surface area contributed by atoms with Gasteiger partial charge in [0.1, 0.15) is 5.58 Å². The van der Waals surface area contributed by atoms with Gasteiger partial charge in [-0.15, -0.1) is 0 Å². The zero-order valence-electron chi connectivity index (χ0n) is 17.5. The van der Waals surface area contributed by atoms with E-state index in [0.29, 0.717) is 22.8 Å². The van der Waals surface area contributed by atoms with Gasteiger partial charge in [-0.25, -0.2) is 4.79 Å². The topological polar surface area (TPSA) is 92.9 Å². The molecule has 162 valence electrons. The molecule has 0 unspecified atom stereocenters. The highest BCUT2D eigenvalue weighted by molar-refractivity contribution is 6.28. The van der Waals surface area contributed by atoms with E-state index >= 15 is 0 Å². The number of hydrogen-bond acceptors (Lipinski definition) is 7. The van der Waals surface area contributed by atoms with Gasteiger partial charge in [0, 0.05) is 22.8 Å². The lowest BCUT2D eigenvalue weighted by Gasteiger charge is -2.10. The van der Waals surface area contributed by atoms with E-state index < -0.39 is 5.63 Å². The van der Waals surface area contributed by atoms with Crippen LogP contribution in [-0.4, -0.2) is 15.0 Å². The summed E-state index contributed by atoms with van der Waals surface area (Å²) in [7, 11) is 0. The summed E-state index contributed by atoms with van der Waals surface area (Å²) in [5.41, 5.74) is 3.92. The number of nitrogens with one attached hydrogen (secondary N) is 2. The molecule has 0 aliphatic rings. The average Bonchev–Trinajstić information content (AvgIpc) is 2.80. The van der Waals surface area contributed by atoms with Crippen LogP contribution < -0.4 is 16.3 Å². The summed E-state index contributed by atoms with van der Waals surface area (Å²) in [6.45, 7) is 1.98. The molecule has 8 heteroatoms. The molecular weight excluding hydrogens is 438 g/mol. The number of fused-ring (bicyclic) bond motifs is 1. The maximum Gasteiger partial charge on any atom is 0.344 e. The number of benzene rings is 3. The summed E-state index contributed by atoms with van der Waals surface area (Å²) in [4.78, 5) is 25.2. The van der Waals surface area contributed by atoms with Gasteiger partial charge in [-0.05, 0) is 53.9 Å². The summed E-state index contributed by atoms with van der Waals surface area (Å²) in [6.07, 6.45) is 0. The molecule has 2 heterocycles. The number of aryl methyl sites for hydroxylation is 1. The Balaban J connectivity index is 1.44. The fourth-order valence-electron chi connectivity index (χ4n) is 3.43. The second-order valence-electron chi connectivity index (χ2n) is 7.38. The van der Waals surface area contributed by atoms with Crippen molar-refractivity contribution in [3.63, 3.8) is 0 Å². The maximum absolute atomic E-state index is 12.5. The van der Waals surface area contributed by atoms with Crippen molar-refractivity contribution in [1.82, 2.24) is 15.0 Å². The highest BCUT2D eigenvalue weighted by Crippen LogP contribution is 2.25. The van der Waals surface area contributed by atoms with Gasteiger partial charge >= 0.3 is 5.63 Å². The SMILES string of the molecule is Cc1ccccc1Nc1nc(Cl)nc(Nc2ccc3cc(-c4ccccc4)c(=O)oc3c2)n1. The zero-order valence-corrected chi connectivity index (χ0v) is 18.3. The van der Waals surface area contributed by atoms with E-state index in [9.17, 15) is 4.79 Å². The summed E-state index contributed by atoms with van der Waals surface area (Å²) in [5, 5.41) is 7.09. The summed E-state index contributed by atoms with van der Waals surface area (Å²) in [5.74, 6) is 0.570. The second kappa shape index (κ2) is 8.72. The van der Waals surface area contributed by atoms with Crippen molar-refractivity contribution in [3.05, 3.63) is 100 Å². The van der Waals surface area contributed by atoms with Crippen molar-refractivity contribution in [1.29, 1.82) is 0 Å². The Morgan fingerprint density at radius 1 is 0.818 bits per heavy atom. The zero-order chi connectivity index (χ0) is 22.8. The van der Waals surface area contributed by atoms with Crippen molar-refractivity contribution in [2.24, 2.45) is 0 Å². The molecule has 0 amide bonds. The van der Waals surface area contributed by atoms with E-state index in [1.165, 1.54) is 0 Å². The summed E-state index contributed by atoms with van der Waals surface area (Å²) in [6, 6.07) is 24.5. The number of anilines is 4. The smallest absolute Gasteiger partial charge is 0.344 e. The number of aromatic nitrogens is 3. The van der Waals surface area contributed by atoms with Gasteiger partial charge in [0.25, 0.3) is 0 Å². The number of para-hydroxylation sites is 1. The van der Waals surface area contributed by atoms with Crippen LogP contribution in [0.15, 0.2) is 88.1 Å². The highest BCUT2D eigenvalue weighted by atomic mass is 35.5. The lowest BCUT2D eigenvalue weighted by molar-refractivity contribution is 0.563. The van der Waals surface area contributed by atoms with Crippen molar-refractivity contribution >= 4 is 45.8 Å². The lowest BCUT2D eigenvalue weighted by Crippen LogP contribution is -2.05. The molecular formula is C25H18ClN5O2. The molecule has 0 spiro atoms. The molecule has 3 aromatic carbocycles. The molecule has 7 nitrogen and oxygen atoms in total. The predicted molar refractivity (Wildman–Crippen MR) is 131 cm³/mol. The number of hydrogen-bond donors (Lipinski definition) is 2. The third kappa shape index (κ3) is 4.53. The normalized spacial score (nSPS) is 10.8. The monoisotopic (exact) mass is 455 g/mol. The van der Waals surface area contributed by atoms with Crippen LogP contribution in [0, 0.1) is 6.92 Å². The van der Waals surface area contributed by atoms with Gasteiger partial charge in [-0.3, -0.25) is 0 Å². The Bertz CT molecular complexity index is 1520. The van der Waals surface area contributed by atoms with E-state index in [1.54, 1.807) is 6.07 Å². The number of halogens is 1. The van der Waals surface area contributed by atoms with Gasteiger partial charge in [-0.1, -0.05) is 48.5 Å². The second-order valence-corrected chi connectivity index (χ2v) is 7.72. The predicted octanol–water partition coefficient (Wildman–Crippen LogP) is 6.09. The van der Waals surface area contributed by atoms with E-state index in [2.05, 4.69) is 25.6 Å². The third-order valence-electron chi connectivity index (χ3n) is 5.08. The molecule has 0 bridgehead atoms. The minimum Gasteiger partial charge on any atom is -0.422 e. The van der Waals surface area contributed by atoms with Crippen LogP contribution in [0.4, 0.5) is 23.3 Å². The van der Waals surface area contributed by atoms with Crippen molar-refractivity contribution < 1.29 is 4.42 Å². The van der Waals surface area contributed by atoms with Crippen LogP contribution in [0.25, 0.3) is 22.1 Å². The molecule has 0 aliphatic heterocycles. The van der Waals surface area contributed by atoms with Gasteiger partial charge < -0.3 is 15.1 Å². The Morgan fingerprint density at radius 2 is 1.55 bits per heavy atom. The van der Waals surface area contributed by atoms with Crippen LogP contribution in [-0.2, 0) is 0 Å². The lowest BCUT2D eigenvalue weighted by atomic mass is 10.1. The number of nitrogens with zero attached hydrogens (tertiary/aromatic N) is 3. The van der Waals surface area contributed by atoms with Crippen molar-refractivity contribution in [2.75, 3.05) is 10.6 Å². The van der Waals surface area contributed by atoms with Gasteiger partial charge in [0.2, 0.25) is 17.2 Å². The van der Waals surface area contributed by atoms with Crippen molar-refractivity contribution in [3.8, 4) is 11.1 Å².